The molecule has 194 valence electrons. The maximum absolute atomic E-state index is 2.28. The van der Waals surface area contributed by atoms with Crippen LogP contribution in [0.1, 0.15) is 35.1 Å². The van der Waals surface area contributed by atoms with Gasteiger partial charge < -0.3 is 0 Å². The predicted octanol–water partition coefficient (Wildman–Crippen LogP) is 8.39. The molecule has 0 radical (unpaired) electrons. The number of aromatic nitrogens is 2. The van der Waals surface area contributed by atoms with Crippen molar-refractivity contribution in [3.8, 4) is 0 Å². The molecule has 0 saturated carbocycles. The summed E-state index contributed by atoms with van der Waals surface area (Å²) in [4.78, 5) is 0. The Labute approximate surface area is 236 Å². The summed E-state index contributed by atoms with van der Waals surface area (Å²) in [6.07, 6.45) is 19.8. The van der Waals surface area contributed by atoms with Gasteiger partial charge >= 0.3 is 0 Å². The summed E-state index contributed by atoms with van der Waals surface area (Å²) in [6.45, 7) is 2.06. The van der Waals surface area contributed by atoms with Crippen LogP contribution in [-0.2, 0) is 13.1 Å². The highest BCUT2D eigenvalue weighted by molar-refractivity contribution is 5.87. The highest BCUT2D eigenvalue weighted by Crippen LogP contribution is 2.18. The minimum Gasteiger partial charge on any atom is -0.205 e. The third kappa shape index (κ3) is 6.59. The second-order valence-corrected chi connectivity index (χ2v) is 10.3. The fourth-order valence-corrected chi connectivity index (χ4v) is 5.05. The largest absolute Gasteiger partial charge is 0.205 e. The Kier molecular flexibility index (Phi) is 7.87. The van der Waals surface area contributed by atoms with Crippen LogP contribution in [0.25, 0.3) is 45.8 Å². The SMILES string of the molecule is C(=C\c1ccc2ccccc2c1)/c1cc[n+](CCCC[n+]2ccc(/C=C/c3ccc4ccccc4c3)cc2)cc1. The van der Waals surface area contributed by atoms with Gasteiger partial charge in [-0.1, -0.05) is 97.1 Å². The van der Waals surface area contributed by atoms with E-state index in [1.165, 1.54) is 43.8 Å². The van der Waals surface area contributed by atoms with E-state index in [9.17, 15) is 0 Å². The number of hydrogen-bond donors (Lipinski definition) is 0. The Bertz CT molecular complexity index is 1640. The fourth-order valence-electron chi connectivity index (χ4n) is 5.05. The minimum absolute atomic E-state index is 1.03. The topological polar surface area (TPSA) is 7.76 Å². The van der Waals surface area contributed by atoms with Gasteiger partial charge in [-0.05, 0) is 55.9 Å². The number of unbranched alkanes of at least 4 members (excludes halogenated alkanes) is 1. The maximum Gasteiger partial charge on any atom is 0.169 e. The summed E-state index contributed by atoms with van der Waals surface area (Å²) in [5, 5.41) is 5.11. The normalized spacial score (nSPS) is 11.7. The molecule has 6 rings (SSSR count). The number of nitrogens with zero attached hydrogens (tertiary/aromatic N) is 2. The maximum atomic E-state index is 2.28. The molecule has 0 aliphatic heterocycles. The van der Waals surface area contributed by atoms with Gasteiger partial charge in [-0.2, -0.15) is 0 Å². The van der Waals surface area contributed by atoms with Gasteiger partial charge in [-0.15, -0.1) is 0 Å². The van der Waals surface area contributed by atoms with Crippen molar-refractivity contribution in [2.75, 3.05) is 0 Å². The smallest absolute Gasteiger partial charge is 0.169 e. The lowest BCUT2D eigenvalue weighted by molar-refractivity contribution is -0.708. The third-order valence-corrected chi connectivity index (χ3v) is 7.40. The molecule has 0 aliphatic rings. The zero-order valence-corrected chi connectivity index (χ0v) is 22.7. The first kappa shape index (κ1) is 25.5. The van der Waals surface area contributed by atoms with Crippen LogP contribution in [0.5, 0.6) is 0 Å². The zero-order chi connectivity index (χ0) is 27.0. The van der Waals surface area contributed by atoms with Gasteiger partial charge in [-0.3, -0.25) is 0 Å². The molecule has 6 aromatic rings. The van der Waals surface area contributed by atoms with Gasteiger partial charge in [0.15, 0.2) is 24.8 Å². The van der Waals surface area contributed by atoms with Crippen LogP contribution in [0, 0.1) is 0 Å². The van der Waals surface area contributed by atoms with Crippen LogP contribution in [0.4, 0.5) is 0 Å². The van der Waals surface area contributed by atoms with Gasteiger partial charge in [0, 0.05) is 37.1 Å². The molecular weight excluding hydrogens is 484 g/mol. The van der Waals surface area contributed by atoms with E-state index in [1.54, 1.807) is 0 Å². The van der Waals surface area contributed by atoms with E-state index >= 15 is 0 Å². The summed E-state index contributed by atoms with van der Waals surface area (Å²) in [5.74, 6) is 0. The summed E-state index contributed by atoms with van der Waals surface area (Å²) < 4.78 is 4.55. The average Bonchev–Trinajstić information content (AvgIpc) is 3.02. The van der Waals surface area contributed by atoms with Crippen LogP contribution in [0.15, 0.2) is 134 Å². The summed E-state index contributed by atoms with van der Waals surface area (Å²) >= 11 is 0. The molecule has 0 fully saturated rings. The van der Waals surface area contributed by atoms with Crippen molar-refractivity contribution in [3.63, 3.8) is 0 Å². The molecule has 0 unspecified atom stereocenters. The standard InChI is InChI=1S/C38H34N2/c1-3-9-37-29-33(15-17-35(37)7-1)13-11-31-19-25-39(26-20-31)23-5-6-24-40-27-21-32(22-28-40)12-14-34-16-18-36-8-2-4-10-38(36)30-34/h1-4,7-22,25-30H,5-6,23-24H2/q+2/b13-11+,14-12+. The van der Waals surface area contributed by atoms with Crippen LogP contribution in [-0.4, -0.2) is 0 Å². The Morgan fingerprint density at radius 3 is 1.18 bits per heavy atom. The van der Waals surface area contributed by atoms with Crippen molar-refractivity contribution in [1.29, 1.82) is 0 Å². The van der Waals surface area contributed by atoms with Gasteiger partial charge in [0.1, 0.15) is 13.1 Å². The molecule has 4 aromatic carbocycles. The van der Waals surface area contributed by atoms with Crippen molar-refractivity contribution < 1.29 is 9.13 Å². The van der Waals surface area contributed by atoms with Crippen LogP contribution in [0.3, 0.4) is 0 Å². The lowest BCUT2D eigenvalue weighted by atomic mass is 10.1. The van der Waals surface area contributed by atoms with Crippen molar-refractivity contribution in [2.45, 2.75) is 25.9 Å². The molecule has 40 heavy (non-hydrogen) atoms. The molecule has 2 aromatic heterocycles. The molecular formula is C38H34N2+2. The lowest BCUT2D eigenvalue weighted by Gasteiger charge is -2.00. The number of fused-ring (bicyclic) bond motifs is 2. The molecule has 0 bridgehead atoms. The van der Waals surface area contributed by atoms with Crippen molar-refractivity contribution in [3.05, 3.63) is 156 Å². The van der Waals surface area contributed by atoms with Crippen molar-refractivity contribution in [1.82, 2.24) is 0 Å². The molecule has 0 atom stereocenters. The first-order valence-corrected chi connectivity index (χ1v) is 14.1. The van der Waals surface area contributed by atoms with E-state index in [1.807, 2.05) is 0 Å². The Balaban J connectivity index is 0.958. The van der Waals surface area contributed by atoms with Gasteiger partial charge in [-0.25, -0.2) is 9.13 Å². The summed E-state index contributed by atoms with van der Waals surface area (Å²) in [7, 11) is 0. The second-order valence-electron chi connectivity index (χ2n) is 10.3. The fraction of sp³-hybridized carbons (Fsp3) is 0.105. The monoisotopic (exact) mass is 518 g/mol. The minimum atomic E-state index is 1.03. The molecule has 2 heterocycles. The van der Waals surface area contributed by atoms with Crippen LogP contribution >= 0.6 is 0 Å². The number of pyridine rings is 2. The van der Waals surface area contributed by atoms with E-state index in [4.69, 9.17) is 0 Å². The Morgan fingerprint density at radius 2 is 0.750 bits per heavy atom. The molecule has 0 saturated heterocycles. The van der Waals surface area contributed by atoms with Gasteiger partial charge in [0.2, 0.25) is 0 Å². The third-order valence-electron chi connectivity index (χ3n) is 7.40. The van der Waals surface area contributed by atoms with Crippen LogP contribution in [0.2, 0.25) is 0 Å². The zero-order valence-electron chi connectivity index (χ0n) is 22.7. The molecule has 0 aliphatic carbocycles. The Hall–Kier alpha value is -4.82. The first-order valence-electron chi connectivity index (χ1n) is 14.1. The molecule has 0 spiro atoms. The number of rotatable bonds is 9. The molecule has 0 amide bonds. The summed E-state index contributed by atoms with van der Waals surface area (Å²) in [6, 6.07) is 38.9. The summed E-state index contributed by atoms with van der Waals surface area (Å²) in [5.41, 5.74) is 4.88. The van der Waals surface area contributed by atoms with Gasteiger partial charge in [0.25, 0.3) is 0 Å². The number of aryl methyl sites for hydroxylation is 2. The highest BCUT2D eigenvalue weighted by Gasteiger charge is 2.04. The predicted molar refractivity (Wildman–Crippen MR) is 168 cm³/mol. The van der Waals surface area contributed by atoms with Crippen molar-refractivity contribution in [2.24, 2.45) is 0 Å². The quantitative estimate of drug-likeness (QED) is 0.134. The second kappa shape index (κ2) is 12.4. The van der Waals surface area contributed by atoms with E-state index in [2.05, 4.69) is 167 Å². The molecule has 2 nitrogen and oxygen atoms in total. The first-order chi connectivity index (χ1) is 19.8. The number of hydrogen-bond acceptors (Lipinski definition) is 0. The lowest BCUT2D eigenvalue weighted by Crippen LogP contribution is -2.35. The van der Waals surface area contributed by atoms with E-state index < -0.39 is 0 Å². The molecule has 0 N–H and O–H groups in total. The van der Waals surface area contributed by atoms with Gasteiger partial charge in [0.05, 0.1) is 0 Å². The average molecular weight is 519 g/mol. The number of benzene rings is 4. The van der Waals surface area contributed by atoms with E-state index in [-0.39, 0.29) is 0 Å². The highest BCUT2D eigenvalue weighted by atomic mass is 14.9. The van der Waals surface area contributed by atoms with E-state index in [0.29, 0.717) is 0 Å². The van der Waals surface area contributed by atoms with Crippen LogP contribution < -0.4 is 9.13 Å². The Morgan fingerprint density at radius 1 is 0.375 bits per heavy atom. The van der Waals surface area contributed by atoms with E-state index in [0.717, 1.165) is 25.9 Å². The van der Waals surface area contributed by atoms with Crippen molar-refractivity contribution >= 4 is 45.8 Å². The molecule has 2 heteroatoms.